The maximum Gasteiger partial charge on any atom is 0.192 e. The van der Waals surface area contributed by atoms with E-state index in [1.165, 1.54) is 19.2 Å². The van der Waals surface area contributed by atoms with Gasteiger partial charge in [-0.05, 0) is 57.8 Å². The molecule has 0 saturated heterocycles. The third-order valence-electron chi connectivity index (χ3n) is 4.64. The van der Waals surface area contributed by atoms with E-state index in [2.05, 4.69) is 38.8 Å². The Hall–Kier alpha value is -1.07. The van der Waals surface area contributed by atoms with E-state index in [4.69, 9.17) is 4.43 Å². The van der Waals surface area contributed by atoms with Gasteiger partial charge in [0.2, 0.25) is 0 Å². The number of carbonyl (C=O) groups is 1. The maximum atomic E-state index is 14.3. The second-order valence-electron chi connectivity index (χ2n) is 8.30. The van der Waals surface area contributed by atoms with Gasteiger partial charge < -0.3 is 4.43 Å². The Morgan fingerprint density at radius 1 is 1.26 bits per heavy atom. The fraction of sp³-hybridized carbons (Fsp3) is 0.667. The standard InChI is InChI=1S/C18H30FNO2Si/c1-13(21)14-10-12-20-15(16(14)19)9-11-18(5,6)22-23(7,8)17(2,3)4/h10,12H,9,11H2,1-8H3. The van der Waals surface area contributed by atoms with Crippen molar-refractivity contribution in [1.29, 1.82) is 0 Å². The summed E-state index contributed by atoms with van der Waals surface area (Å²) in [5.41, 5.74) is 0.0892. The summed E-state index contributed by atoms with van der Waals surface area (Å²) in [7, 11) is -1.89. The molecule has 0 fully saturated rings. The summed E-state index contributed by atoms with van der Waals surface area (Å²) in [5, 5.41) is 0.127. The highest BCUT2D eigenvalue weighted by Crippen LogP contribution is 2.40. The minimum Gasteiger partial charge on any atom is -0.412 e. The Kier molecular flexibility index (Phi) is 5.92. The van der Waals surface area contributed by atoms with Crippen molar-refractivity contribution in [3.63, 3.8) is 0 Å². The minimum absolute atomic E-state index is 0.109. The molecule has 0 saturated carbocycles. The number of rotatable bonds is 6. The van der Waals surface area contributed by atoms with Crippen LogP contribution < -0.4 is 0 Å². The molecule has 0 aromatic carbocycles. The van der Waals surface area contributed by atoms with Gasteiger partial charge in [-0.1, -0.05) is 20.8 Å². The smallest absolute Gasteiger partial charge is 0.192 e. The van der Waals surface area contributed by atoms with E-state index in [0.717, 1.165) is 0 Å². The zero-order valence-corrected chi connectivity index (χ0v) is 16.7. The number of nitrogens with zero attached hydrogens (tertiary/aromatic N) is 1. The van der Waals surface area contributed by atoms with Gasteiger partial charge in [0.15, 0.2) is 19.9 Å². The molecule has 130 valence electrons. The van der Waals surface area contributed by atoms with Crippen LogP contribution in [0.1, 0.15) is 64.0 Å². The Morgan fingerprint density at radius 2 is 1.83 bits per heavy atom. The molecule has 0 N–H and O–H groups in total. The normalized spacial score (nSPS) is 13.3. The third-order valence-corrected chi connectivity index (χ3v) is 9.32. The van der Waals surface area contributed by atoms with Crippen LogP contribution in [-0.4, -0.2) is 24.7 Å². The van der Waals surface area contributed by atoms with Crippen molar-refractivity contribution in [2.75, 3.05) is 0 Å². The summed E-state index contributed by atoms with van der Waals surface area (Å²) >= 11 is 0. The van der Waals surface area contributed by atoms with Crippen LogP contribution >= 0.6 is 0 Å². The van der Waals surface area contributed by atoms with Gasteiger partial charge >= 0.3 is 0 Å². The lowest BCUT2D eigenvalue weighted by Crippen LogP contribution is -2.47. The molecule has 0 aliphatic heterocycles. The molecule has 0 unspecified atom stereocenters. The molecule has 1 heterocycles. The molecule has 5 heteroatoms. The summed E-state index contributed by atoms with van der Waals surface area (Å²) in [6, 6.07) is 1.43. The maximum absolute atomic E-state index is 14.3. The summed E-state index contributed by atoms with van der Waals surface area (Å²) in [5.74, 6) is -0.772. The number of aryl methyl sites for hydroxylation is 1. The van der Waals surface area contributed by atoms with Crippen molar-refractivity contribution in [3.8, 4) is 0 Å². The van der Waals surface area contributed by atoms with E-state index in [9.17, 15) is 9.18 Å². The van der Waals surface area contributed by atoms with Gasteiger partial charge in [-0.25, -0.2) is 4.39 Å². The molecule has 0 bridgehead atoms. The van der Waals surface area contributed by atoms with Crippen LogP contribution in [0.2, 0.25) is 18.1 Å². The van der Waals surface area contributed by atoms with Gasteiger partial charge in [0.05, 0.1) is 16.9 Å². The van der Waals surface area contributed by atoms with Crippen LogP contribution in [0.3, 0.4) is 0 Å². The van der Waals surface area contributed by atoms with Crippen LogP contribution in [0.5, 0.6) is 0 Å². The Labute approximate surface area is 140 Å². The highest BCUT2D eigenvalue weighted by molar-refractivity contribution is 6.74. The summed E-state index contributed by atoms with van der Waals surface area (Å²) in [6.45, 7) is 16.5. The summed E-state index contributed by atoms with van der Waals surface area (Å²) < 4.78 is 20.8. The lowest BCUT2D eigenvalue weighted by Gasteiger charge is -2.43. The van der Waals surface area contributed by atoms with Gasteiger partial charge in [0.25, 0.3) is 0 Å². The fourth-order valence-electron chi connectivity index (χ4n) is 2.25. The van der Waals surface area contributed by atoms with E-state index in [0.29, 0.717) is 18.5 Å². The third kappa shape index (κ3) is 5.21. The monoisotopic (exact) mass is 339 g/mol. The van der Waals surface area contributed by atoms with Gasteiger partial charge in [-0.2, -0.15) is 0 Å². The molecule has 1 aromatic rings. The number of aromatic nitrogens is 1. The number of halogens is 1. The number of carbonyl (C=O) groups excluding carboxylic acids is 1. The highest BCUT2D eigenvalue weighted by atomic mass is 28.4. The second-order valence-corrected chi connectivity index (χ2v) is 13.0. The lowest BCUT2D eigenvalue weighted by molar-refractivity contribution is 0.0821. The first kappa shape index (κ1) is 20.0. The molecule has 0 atom stereocenters. The second kappa shape index (κ2) is 6.81. The topological polar surface area (TPSA) is 39.2 Å². The van der Waals surface area contributed by atoms with Crippen molar-refractivity contribution >= 4 is 14.1 Å². The van der Waals surface area contributed by atoms with Crippen molar-refractivity contribution < 1.29 is 13.6 Å². The van der Waals surface area contributed by atoms with Crippen molar-refractivity contribution in [1.82, 2.24) is 4.98 Å². The first-order chi connectivity index (χ1) is 10.3. The number of pyridine rings is 1. The summed E-state index contributed by atoms with van der Waals surface area (Å²) in [4.78, 5) is 15.5. The van der Waals surface area contributed by atoms with E-state index in [-0.39, 0.29) is 22.0 Å². The van der Waals surface area contributed by atoms with Gasteiger partial charge in [-0.15, -0.1) is 0 Å². The van der Waals surface area contributed by atoms with E-state index in [1.807, 2.05) is 13.8 Å². The van der Waals surface area contributed by atoms with Crippen molar-refractivity contribution in [2.45, 2.75) is 78.1 Å². The Bertz CT molecular complexity index is 577. The molecular weight excluding hydrogens is 309 g/mol. The van der Waals surface area contributed by atoms with E-state index in [1.54, 1.807) is 0 Å². The van der Waals surface area contributed by atoms with Gasteiger partial charge in [-0.3, -0.25) is 9.78 Å². The number of hydrogen-bond donors (Lipinski definition) is 0. The van der Waals surface area contributed by atoms with E-state index >= 15 is 0 Å². The van der Waals surface area contributed by atoms with Crippen LogP contribution in [0, 0.1) is 5.82 Å². The molecule has 3 nitrogen and oxygen atoms in total. The zero-order valence-electron chi connectivity index (χ0n) is 15.7. The van der Waals surface area contributed by atoms with Crippen molar-refractivity contribution in [2.24, 2.45) is 0 Å². The first-order valence-corrected chi connectivity index (χ1v) is 11.0. The molecular formula is C18H30FNO2Si. The summed E-state index contributed by atoms with van der Waals surface area (Å²) in [6.07, 6.45) is 2.61. The van der Waals surface area contributed by atoms with Crippen LogP contribution in [0.25, 0.3) is 0 Å². The largest absolute Gasteiger partial charge is 0.412 e. The van der Waals surface area contributed by atoms with Gasteiger partial charge in [0, 0.05) is 6.20 Å². The van der Waals surface area contributed by atoms with Crippen molar-refractivity contribution in [3.05, 3.63) is 29.3 Å². The average molecular weight is 340 g/mol. The quantitative estimate of drug-likeness (QED) is 0.531. The molecule has 0 amide bonds. The number of hydrogen-bond acceptors (Lipinski definition) is 3. The molecule has 1 aromatic heterocycles. The van der Waals surface area contributed by atoms with Crippen LogP contribution in [0.4, 0.5) is 4.39 Å². The predicted octanol–water partition coefficient (Wildman–Crippen LogP) is 5.16. The van der Waals surface area contributed by atoms with E-state index < -0.39 is 14.1 Å². The SMILES string of the molecule is CC(=O)c1ccnc(CCC(C)(C)O[Si](C)(C)C(C)(C)C)c1F. The predicted molar refractivity (Wildman–Crippen MR) is 94.9 cm³/mol. The molecule has 1 rings (SSSR count). The molecule has 0 radical (unpaired) electrons. The lowest BCUT2D eigenvalue weighted by atomic mass is 10.00. The Balaban J connectivity index is 2.85. The number of ketones is 1. The minimum atomic E-state index is -1.89. The molecule has 0 spiro atoms. The zero-order chi connectivity index (χ0) is 18.1. The fourth-order valence-corrected chi connectivity index (χ4v) is 4.04. The molecule has 23 heavy (non-hydrogen) atoms. The average Bonchev–Trinajstić information content (AvgIpc) is 2.34. The number of Topliss-reactive ketones (excluding diaryl/α,β-unsaturated/α-hetero) is 1. The molecule has 0 aliphatic carbocycles. The first-order valence-electron chi connectivity index (χ1n) is 8.11. The van der Waals surface area contributed by atoms with Gasteiger partial charge in [0.1, 0.15) is 0 Å². The highest BCUT2D eigenvalue weighted by Gasteiger charge is 2.41. The molecule has 0 aliphatic rings. The van der Waals surface area contributed by atoms with Crippen LogP contribution in [0.15, 0.2) is 12.3 Å². The van der Waals surface area contributed by atoms with Crippen LogP contribution in [-0.2, 0) is 10.8 Å². The Morgan fingerprint density at radius 3 is 2.30 bits per heavy atom.